The second-order valence-electron chi connectivity index (χ2n) is 10.3. The van der Waals surface area contributed by atoms with Crippen LogP contribution in [0.1, 0.15) is 75.9 Å². The predicted molar refractivity (Wildman–Crippen MR) is 111 cm³/mol. The van der Waals surface area contributed by atoms with Crippen LogP contribution in [0.5, 0.6) is 0 Å². The molecule has 0 N–H and O–H groups in total. The lowest BCUT2D eigenvalue weighted by molar-refractivity contribution is -0.166. The zero-order valence-electron chi connectivity index (χ0n) is 17.4. The number of carbonyl (C=O) groups is 2. The molecule has 4 aliphatic carbocycles. The minimum Gasteiger partial charge on any atom is -0.447 e. The Hall–Kier alpha value is -1.84. The number of hydrogen-bond donors (Lipinski definition) is 0. The summed E-state index contributed by atoms with van der Waals surface area (Å²) in [5.74, 6) is 2.22. The Morgan fingerprint density at radius 2 is 1.52 bits per heavy atom. The van der Waals surface area contributed by atoms with Crippen molar-refractivity contribution in [2.45, 2.75) is 70.3 Å². The molecule has 1 heterocycles. The second kappa shape index (κ2) is 7.77. The van der Waals surface area contributed by atoms with Crippen molar-refractivity contribution in [1.82, 2.24) is 4.90 Å². The van der Waals surface area contributed by atoms with Gasteiger partial charge in [-0.3, -0.25) is 9.59 Å². The number of likely N-dealkylation sites (tertiary alicyclic amines) is 1. The Morgan fingerprint density at radius 3 is 2.10 bits per heavy atom. The Labute approximate surface area is 174 Å². The molecule has 1 aromatic rings. The van der Waals surface area contributed by atoms with Crippen LogP contribution < -0.4 is 0 Å². The van der Waals surface area contributed by atoms with Crippen molar-refractivity contribution in [1.29, 1.82) is 0 Å². The fraction of sp³-hybridized carbons (Fsp3) is 0.680. The first-order chi connectivity index (χ1) is 14.1. The van der Waals surface area contributed by atoms with Crippen molar-refractivity contribution >= 4 is 11.9 Å². The Kier molecular flexibility index (Phi) is 5.13. The topological polar surface area (TPSA) is 46.6 Å². The molecular weight excluding hydrogens is 362 g/mol. The summed E-state index contributed by atoms with van der Waals surface area (Å²) >= 11 is 0. The second-order valence-corrected chi connectivity index (χ2v) is 10.3. The van der Waals surface area contributed by atoms with Crippen molar-refractivity contribution < 1.29 is 14.3 Å². The van der Waals surface area contributed by atoms with Gasteiger partial charge >= 0.3 is 5.97 Å². The molecule has 4 saturated carbocycles. The van der Waals surface area contributed by atoms with Crippen LogP contribution in [0.15, 0.2) is 30.3 Å². The molecule has 4 nitrogen and oxygen atoms in total. The summed E-state index contributed by atoms with van der Waals surface area (Å²) in [5, 5.41) is 0. The van der Waals surface area contributed by atoms with Crippen LogP contribution in [0, 0.1) is 23.2 Å². The van der Waals surface area contributed by atoms with Crippen molar-refractivity contribution in [3.63, 3.8) is 0 Å². The molecule has 29 heavy (non-hydrogen) atoms. The summed E-state index contributed by atoms with van der Waals surface area (Å²) in [6.45, 7) is 1.55. The molecule has 0 spiro atoms. The molecule has 1 amide bonds. The highest BCUT2D eigenvalue weighted by atomic mass is 16.5. The largest absolute Gasteiger partial charge is 0.447 e. The number of benzene rings is 1. The minimum atomic E-state index is -0.796. The van der Waals surface area contributed by atoms with E-state index in [0.29, 0.717) is 6.42 Å². The van der Waals surface area contributed by atoms with Gasteiger partial charge in [0.25, 0.3) is 5.91 Å². The summed E-state index contributed by atoms with van der Waals surface area (Å²) in [7, 11) is 0. The third-order valence-corrected chi connectivity index (χ3v) is 7.93. The smallest absolute Gasteiger partial charge is 0.307 e. The van der Waals surface area contributed by atoms with Crippen LogP contribution in [0.25, 0.3) is 0 Å². The van der Waals surface area contributed by atoms with Crippen molar-refractivity contribution in [3.05, 3.63) is 35.9 Å². The van der Waals surface area contributed by atoms with Gasteiger partial charge in [0.2, 0.25) is 6.10 Å². The maximum absolute atomic E-state index is 13.2. The van der Waals surface area contributed by atoms with Crippen LogP contribution in [0.4, 0.5) is 0 Å². The molecule has 1 aromatic carbocycles. The molecule has 6 rings (SSSR count). The lowest BCUT2D eigenvalue weighted by Gasteiger charge is -2.56. The number of nitrogens with zero attached hydrogens (tertiary/aromatic N) is 1. The molecule has 0 unspecified atom stereocenters. The van der Waals surface area contributed by atoms with Crippen LogP contribution in [0.2, 0.25) is 0 Å². The number of esters is 1. The zero-order valence-corrected chi connectivity index (χ0v) is 17.4. The number of amides is 1. The summed E-state index contributed by atoms with van der Waals surface area (Å²) in [5.41, 5.74) is 0.934. The maximum Gasteiger partial charge on any atom is 0.307 e. The molecule has 4 bridgehead atoms. The van der Waals surface area contributed by atoms with E-state index >= 15 is 0 Å². The standard InChI is InChI=1S/C25H33NO3/c27-22(17-25-14-18-11-19(15-25)13-20(12-18)16-25)29-23(21-7-3-1-4-8-21)24(28)26-9-5-2-6-10-26/h1,3-4,7-8,18-20,23H,2,5-6,9-17H2/t18?,19?,20?,23-,25?/m0/s1. The van der Waals surface area contributed by atoms with Crippen molar-refractivity contribution in [2.24, 2.45) is 23.2 Å². The van der Waals surface area contributed by atoms with E-state index in [1.807, 2.05) is 35.2 Å². The molecule has 0 radical (unpaired) electrons. The molecule has 1 atom stereocenters. The van der Waals surface area contributed by atoms with E-state index in [2.05, 4.69) is 0 Å². The summed E-state index contributed by atoms with van der Waals surface area (Å²) in [6.07, 6.45) is 10.6. The minimum absolute atomic E-state index is 0.0465. The van der Waals surface area contributed by atoms with Gasteiger partial charge in [0, 0.05) is 18.7 Å². The average Bonchev–Trinajstić information content (AvgIpc) is 2.71. The Bertz CT molecular complexity index is 717. The first-order valence-electron chi connectivity index (χ1n) is 11.6. The molecule has 0 aromatic heterocycles. The van der Waals surface area contributed by atoms with Crippen LogP contribution >= 0.6 is 0 Å². The average molecular weight is 396 g/mol. The highest BCUT2D eigenvalue weighted by molar-refractivity contribution is 5.85. The number of rotatable bonds is 5. The van der Waals surface area contributed by atoms with Gasteiger partial charge in [-0.2, -0.15) is 0 Å². The summed E-state index contributed by atoms with van der Waals surface area (Å²) in [6, 6.07) is 9.58. The van der Waals surface area contributed by atoms with Crippen LogP contribution in [-0.4, -0.2) is 29.9 Å². The molecule has 5 aliphatic rings. The van der Waals surface area contributed by atoms with Gasteiger partial charge in [0.1, 0.15) is 0 Å². The first kappa shape index (κ1) is 19.1. The lowest BCUT2D eigenvalue weighted by Crippen LogP contribution is -2.47. The van der Waals surface area contributed by atoms with Gasteiger partial charge in [-0.25, -0.2) is 0 Å². The van der Waals surface area contributed by atoms with Crippen molar-refractivity contribution in [2.75, 3.05) is 13.1 Å². The van der Waals surface area contributed by atoms with E-state index in [-0.39, 0.29) is 17.3 Å². The summed E-state index contributed by atoms with van der Waals surface area (Å²) < 4.78 is 5.96. The Morgan fingerprint density at radius 1 is 0.931 bits per heavy atom. The van der Waals surface area contributed by atoms with Gasteiger partial charge in [0.15, 0.2) is 0 Å². The third-order valence-electron chi connectivity index (χ3n) is 7.93. The lowest BCUT2D eigenvalue weighted by atomic mass is 9.49. The summed E-state index contributed by atoms with van der Waals surface area (Å²) in [4.78, 5) is 28.2. The number of ether oxygens (including phenoxy) is 1. The van der Waals surface area contributed by atoms with Gasteiger partial charge < -0.3 is 9.64 Å². The van der Waals surface area contributed by atoms with E-state index in [0.717, 1.165) is 49.2 Å². The highest BCUT2D eigenvalue weighted by Crippen LogP contribution is 2.61. The number of carbonyl (C=O) groups excluding carboxylic acids is 2. The van der Waals surface area contributed by atoms with Gasteiger partial charge in [-0.1, -0.05) is 30.3 Å². The number of piperidine rings is 1. The number of hydrogen-bond acceptors (Lipinski definition) is 3. The Balaban J connectivity index is 1.31. The van der Waals surface area contributed by atoms with E-state index in [1.54, 1.807) is 0 Å². The van der Waals surface area contributed by atoms with Gasteiger partial charge in [-0.15, -0.1) is 0 Å². The third kappa shape index (κ3) is 3.95. The highest BCUT2D eigenvalue weighted by Gasteiger charge is 2.52. The van der Waals surface area contributed by atoms with Crippen LogP contribution in [0.3, 0.4) is 0 Å². The molecule has 1 saturated heterocycles. The zero-order chi connectivity index (χ0) is 19.8. The normalized spacial score (nSPS) is 34.1. The quantitative estimate of drug-likeness (QED) is 0.667. The molecule has 5 fully saturated rings. The van der Waals surface area contributed by atoms with E-state index in [9.17, 15) is 9.59 Å². The predicted octanol–water partition coefficient (Wildman–Crippen LogP) is 4.89. The van der Waals surface area contributed by atoms with E-state index in [1.165, 1.54) is 44.9 Å². The van der Waals surface area contributed by atoms with Gasteiger partial charge in [0.05, 0.1) is 6.42 Å². The maximum atomic E-state index is 13.2. The fourth-order valence-corrected chi connectivity index (χ4v) is 7.15. The van der Waals surface area contributed by atoms with Crippen LogP contribution in [-0.2, 0) is 14.3 Å². The van der Waals surface area contributed by atoms with Gasteiger partial charge in [-0.05, 0) is 81.0 Å². The van der Waals surface area contributed by atoms with E-state index < -0.39 is 6.10 Å². The fourth-order valence-electron chi connectivity index (χ4n) is 7.15. The molecule has 4 heteroatoms. The van der Waals surface area contributed by atoms with E-state index in [4.69, 9.17) is 4.74 Å². The molecular formula is C25H33NO3. The monoisotopic (exact) mass is 395 g/mol. The van der Waals surface area contributed by atoms with Crippen molar-refractivity contribution in [3.8, 4) is 0 Å². The SMILES string of the molecule is O=C(CC12CC3CC(CC(C3)C1)C2)O[C@H](C(=O)N1CCCCC1)c1ccccc1. The first-order valence-corrected chi connectivity index (χ1v) is 11.6. The molecule has 1 aliphatic heterocycles. The molecule has 156 valence electrons.